The number of urea groups is 1. The first-order valence-corrected chi connectivity index (χ1v) is 5.73. The normalized spacial score (nSPS) is 21.1. The number of carbonyl (C=O) groups is 1. The van der Waals surface area contributed by atoms with Gasteiger partial charge in [-0.05, 0) is 6.42 Å². The van der Waals surface area contributed by atoms with Crippen LogP contribution in [0.25, 0.3) is 0 Å². The molecule has 18 heavy (non-hydrogen) atoms. The molecule has 0 bridgehead atoms. The highest BCUT2D eigenvalue weighted by Gasteiger charge is 2.34. The molecule has 8 heteroatoms. The standard InChI is InChI=1S/C10H18F3N3O2/c1-15(4-5-17)9(18)14-8-2-3-16(6-8)7-10(11,12)13/h8,17H,2-7H2,1H3,(H,14,18). The molecule has 1 heterocycles. The molecule has 1 fully saturated rings. The largest absolute Gasteiger partial charge is 0.401 e. The average molecular weight is 269 g/mol. The molecule has 0 radical (unpaired) electrons. The van der Waals surface area contributed by atoms with Crippen molar-refractivity contribution in [2.75, 3.05) is 39.8 Å². The average Bonchev–Trinajstić information content (AvgIpc) is 2.63. The number of hydrogen-bond donors (Lipinski definition) is 2. The van der Waals surface area contributed by atoms with Crippen LogP contribution < -0.4 is 5.32 Å². The van der Waals surface area contributed by atoms with Crippen LogP contribution in [0.4, 0.5) is 18.0 Å². The molecular formula is C10H18F3N3O2. The molecule has 0 aromatic carbocycles. The fraction of sp³-hybridized carbons (Fsp3) is 0.900. The van der Waals surface area contributed by atoms with Gasteiger partial charge in [-0.15, -0.1) is 0 Å². The third kappa shape index (κ3) is 5.09. The van der Waals surface area contributed by atoms with Gasteiger partial charge in [0.1, 0.15) is 0 Å². The molecule has 0 aromatic rings. The van der Waals surface area contributed by atoms with E-state index in [-0.39, 0.29) is 31.8 Å². The summed E-state index contributed by atoms with van der Waals surface area (Å²) in [5.74, 6) is 0. The number of amides is 2. The molecule has 2 amide bonds. The first kappa shape index (κ1) is 15.0. The third-order valence-electron chi connectivity index (χ3n) is 2.78. The van der Waals surface area contributed by atoms with E-state index in [9.17, 15) is 18.0 Å². The molecule has 1 unspecified atom stereocenters. The second kappa shape index (κ2) is 6.24. The molecule has 0 saturated carbocycles. The zero-order chi connectivity index (χ0) is 13.8. The van der Waals surface area contributed by atoms with Crippen molar-refractivity contribution in [3.63, 3.8) is 0 Å². The first-order valence-electron chi connectivity index (χ1n) is 5.73. The van der Waals surface area contributed by atoms with Gasteiger partial charge in [-0.2, -0.15) is 13.2 Å². The third-order valence-corrected chi connectivity index (χ3v) is 2.78. The van der Waals surface area contributed by atoms with Crippen LogP contribution in [0.15, 0.2) is 0 Å². The number of nitrogens with zero attached hydrogens (tertiary/aromatic N) is 2. The molecule has 0 aromatic heterocycles. The minimum atomic E-state index is -4.20. The second-order valence-electron chi connectivity index (χ2n) is 4.43. The SMILES string of the molecule is CN(CCO)C(=O)NC1CCN(CC(F)(F)F)C1. The van der Waals surface area contributed by atoms with E-state index in [0.717, 1.165) is 0 Å². The highest BCUT2D eigenvalue weighted by molar-refractivity contribution is 5.74. The van der Waals surface area contributed by atoms with Crippen molar-refractivity contribution < 1.29 is 23.1 Å². The highest BCUT2D eigenvalue weighted by atomic mass is 19.4. The first-order chi connectivity index (χ1) is 8.31. The lowest BCUT2D eigenvalue weighted by atomic mass is 10.3. The monoisotopic (exact) mass is 269 g/mol. The summed E-state index contributed by atoms with van der Waals surface area (Å²) in [6.45, 7) is -0.349. The van der Waals surface area contributed by atoms with Gasteiger partial charge in [0.05, 0.1) is 13.2 Å². The maximum atomic E-state index is 12.2. The minimum absolute atomic E-state index is 0.144. The molecule has 0 spiro atoms. The molecule has 1 atom stereocenters. The van der Waals surface area contributed by atoms with E-state index in [4.69, 9.17) is 5.11 Å². The van der Waals surface area contributed by atoms with Crippen LogP contribution >= 0.6 is 0 Å². The van der Waals surface area contributed by atoms with Gasteiger partial charge in [-0.1, -0.05) is 0 Å². The lowest BCUT2D eigenvalue weighted by Crippen LogP contribution is -2.45. The maximum absolute atomic E-state index is 12.2. The molecule has 2 N–H and O–H groups in total. The molecule has 106 valence electrons. The lowest BCUT2D eigenvalue weighted by Gasteiger charge is -2.21. The second-order valence-corrected chi connectivity index (χ2v) is 4.43. The van der Waals surface area contributed by atoms with Crippen LogP contribution in [0.5, 0.6) is 0 Å². The summed E-state index contributed by atoms with van der Waals surface area (Å²) in [7, 11) is 1.52. The summed E-state index contributed by atoms with van der Waals surface area (Å²) in [6, 6.07) is -0.635. The van der Waals surface area contributed by atoms with Gasteiger partial charge in [-0.25, -0.2) is 4.79 Å². The Labute approximate surface area is 104 Å². The molecule has 1 aliphatic rings. The maximum Gasteiger partial charge on any atom is 0.401 e. The Morgan fingerprint density at radius 1 is 1.56 bits per heavy atom. The summed E-state index contributed by atoms with van der Waals surface area (Å²) < 4.78 is 36.5. The van der Waals surface area contributed by atoms with Crippen LogP contribution in [0.1, 0.15) is 6.42 Å². The van der Waals surface area contributed by atoms with E-state index in [0.29, 0.717) is 13.0 Å². The van der Waals surface area contributed by atoms with Crippen LogP contribution in [0, 0.1) is 0 Å². The number of halogens is 3. The Balaban J connectivity index is 2.32. The fourth-order valence-electron chi connectivity index (χ4n) is 1.88. The summed E-state index contributed by atoms with van der Waals surface area (Å²) in [5, 5.41) is 11.3. The van der Waals surface area contributed by atoms with Crippen LogP contribution in [-0.2, 0) is 0 Å². The fourth-order valence-corrected chi connectivity index (χ4v) is 1.88. The van der Waals surface area contributed by atoms with Crippen molar-refractivity contribution >= 4 is 6.03 Å². The van der Waals surface area contributed by atoms with Crippen LogP contribution in [-0.4, -0.2) is 73.0 Å². The van der Waals surface area contributed by atoms with Gasteiger partial charge >= 0.3 is 12.2 Å². The number of likely N-dealkylation sites (N-methyl/N-ethyl adjacent to an activating group) is 1. The molecular weight excluding hydrogens is 251 g/mol. The minimum Gasteiger partial charge on any atom is -0.395 e. The van der Waals surface area contributed by atoms with Gasteiger partial charge in [0, 0.05) is 32.7 Å². The number of aliphatic hydroxyl groups is 1. The highest BCUT2D eigenvalue weighted by Crippen LogP contribution is 2.19. The Bertz CT molecular complexity index is 286. The molecule has 1 saturated heterocycles. The molecule has 1 aliphatic heterocycles. The number of likely N-dealkylation sites (tertiary alicyclic amines) is 1. The van der Waals surface area contributed by atoms with E-state index in [2.05, 4.69) is 5.32 Å². The Morgan fingerprint density at radius 3 is 2.78 bits per heavy atom. The van der Waals surface area contributed by atoms with Gasteiger partial charge in [0.2, 0.25) is 0 Å². The number of nitrogens with one attached hydrogen (secondary N) is 1. The van der Waals surface area contributed by atoms with Crippen molar-refractivity contribution in [1.82, 2.24) is 15.1 Å². The zero-order valence-electron chi connectivity index (χ0n) is 10.2. The van der Waals surface area contributed by atoms with Gasteiger partial charge < -0.3 is 15.3 Å². The van der Waals surface area contributed by atoms with E-state index in [1.54, 1.807) is 0 Å². The van der Waals surface area contributed by atoms with E-state index < -0.39 is 12.7 Å². The predicted octanol–water partition coefficient (Wildman–Crippen LogP) is 0.257. The molecule has 5 nitrogen and oxygen atoms in total. The number of hydrogen-bond acceptors (Lipinski definition) is 3. The Kier molecular flexibility index (Phi) is 5.21. The van der Waals surface area contributed by atoms with E-state index in [1.807, 2.05) is 0 Å². The number of carbonyl (C=O) groups excluding carboxylic acids is 1. The quantitative estimate of drug-likeness (QED) is 0.769. The van der Waals surface area contributed by atoms with Crippen molar-refractivity contribution in [2.24, 2.45) is 0 Å². The number of alkyl halides is 3. The Hall–Kier alpha value is -1.02. The zero-order valence-corrected chi connectivity index (χ0v) is 10.2. The van der Waals surface area contributed by atoms with Gasteiger partial charge in [0.25, 0.3) is 0 Å². The Morgan fingerprint density at radius 2 is 2.22 bits per heavy atom. The van der Waals surface area contributed by atoms with Crippen LogP contribution in [0.3, 0.4) is 0 Å². The van der Waals surface area contributed by atoms with Crippen molar-refractivity contribution in [3.8, 4) is 0 Å². The lowest BCUT2D eigenvalue weighted by molar-refractivity contribution is -0.143. The van der Waals surface area contributed by atoms with Crippen molar-refractivity contribution in [2.45, 2.75) is 18.6 Å². The summed E-state index contributed by atoms with van der Waals surface area (Å²) in [5.41, 5.74) is 0. The molecule has 1 rings (SSSR count). The van der Waals surface area contributed by atoms with Gasteiger partial charge in [0.15, 0.2) is 0 Å². The topological polar surface area (TPSA) is 55.8 Å². The van der Waals surface area contributed by atoms with Crippen molar-refractivity contribution in [1.29, 1.82) is 0 Å². The molecule has 0 aliphatic carbocycles. The number of aliphatic hydroxyl groups excluding tert-OH is 1. The van der Waals surface area contributed by atoms with E-state index in [1.165, 1.54) is 16.8 Å². The summed E-state index contributed by atoms with van der Waals surface area (Å²) >= 11 is 0. The summed E-state index contributed by atoms with van der Waals surface area (Å²) in [4.78, 5) is 14.1. The van der Waals surface area contributed by atoms with E-state index >= 15 is 0 Å². The van der Waals surface area contributed by atoms with Crippen molar-refractivity contribution in [3.05, 3.63) is 0 Å². The number of rotatable bonds is 4. The van der Waals surface area contributed by atoms with Gasteiger partial charge in [-0.3, -0.25) is 4.90 Å². The van der Waals surface area contributed by atoms with Crippen LogP contribution in [0.2, 0.25) is 0 Å². The summed E-state index contributed by atoms with van der Waals surface area (Å²) in [6.07, 6.45) is -3.69. The predicted molar refractivity (Wildman–Crippen MR) is 59.1 cm³/mol. The smallest absolute Gasteiger partial charge is 0.395 e.